The lowest BCUT2D eigenvalue weighted by atomic mass is 10.2. The molecule has 66 valence electrons. The summed E-state index contributed by atoms with van der Waals surface area (Å²) in [4.78, 5) is 3.47. The SMILES string of the molecule is OC1CN(Cc2ccc(Cl)s2)C1. The summed E-state index contributed by atoms with van der Waals surface area (Å²) in [5.41, 5.74) is 0. The highest BCUT2D eigenvalue weighted by molar-refractivity contribution is 7.16. The van der Waals surface area contributed by atoms with E-state index in [9.17, 15) is 0 Å². The summed E-state index contributed by atoms with van der Waals surface area (Å²) in [5, 5.41) is 9.04. The highest BCUT2D eigenvalue weighted by atomic mass is 35.5. The maximum atomic E-state index is 9.04. The standard InChI is InChI=1S/C8H10ClNOS/c9-8-2-1-7(12-8)5-10-3-6(11)4-10/h1-2,6,11H,3-5H2. The zero-order valence-electron chi connectivity index (χ0n) is 6.53. The molecule has 12 heavy (non-hydrogen) atoms. The quantitative estimate of drug-likeness (QED) is 0.789. The van der Waals surface area contributed by atoms with E-state index in [0.29, 0.717) is 0 Å². The van der Waals surface area contributed by atoms with Gasteiger partial charge in [-0.1, -0.05) is 11.6 Å². The second-order valence-electron chi connectivity index (χ2n) is 3.05. The van der Waals surface area contributed by atoms with E-state index in [0.717, 1.165) is 24.0 Å². The number of nitrogens with zero attached hydrogens (tertiary/aromatic N) is 1. The first-order valence-electron chi connectivity index (χ1n) is 3.88. The van der Waals surface area contributed by atoms with Crippen LogP contribution >= 0.6 is 22.9 Å². The van der Waals surface area contributed by atoms with Gasteiger partial charge in [0.15, 0.2) is 0 Å². The Kier molecular flexibility index (Phi) is 2.37. The molecule has 1 aromatic heterocycles. The van der Waals surface area contributed by atoms with Gasteiger partial charge in [0.1, 0.15) is 0 Å². The molecule has 0 radical (unpaired) electrons. The minimum absolute atomic E-state index is 0.111. The lowest BCUT2D eigenvalue weighted by molar-refractivity contribution is -0.00228. The van der Waals surface area contributed by atoms with Crippen molar-refractivity contribution >= 4 is 22.9 Å². The molecule has 2 heterocycles. The number of likely N-dealkylation sites (tertiary alicyclic amines) is 1. The van der Waals surface area contributed by atoms with Gasteiger partial charge in [0.25, 0.3) is 0 Å². The predicted molar refractivity (Wildman–Crippen MR) is 50.6 cm³/mol. The van der Waals surface area contributed by atoms with Crippen LogP contribution in [0, 0.1) is 0 Å². The van der Waals surface area contributed by atoms with Crippen molar-refractivity contribution in [1.82, 2.24) is 4.90 Å². The number of thiophene rings is 1. The summed E-state index contributed by atoms with van der Waals surface area (Å²) in [6.45, 7) is 2.53. The Morgan fingerprint density at radius 3 is 2.83 bits per heavy atom. The largest absolute Gasteiger partial charge is 0.390 e. The normalized spacial score (nSPS) is 19.5. The molecule has 2 nitrogen and oxygen atoms in total. The summed E-state index contributed by atoms with van der Waals surface area (Å²) >= 11 is 7.39. The third-order valence-electron chi connectivity index (χ3n) is 1.95. The fourth-order valence-corrected chi connectivity index (χ4v) is 2.46. The Bertz CT molecular complexity index is 270. The number of hydrogen-bond donors (Lipinski definition) is 1. The van der Waals surface area contributed by atoms with E-state index in [1.807, 2.05) is 12.1 Å². The van der Waals surface area contributed by atoms with Gasteiger partial charge in [0.2, 0.25) is 0 Å². The molecule has 0 atom stereocenters. The fraction of sp³-hybridized carbons (Fsp3) is 0.500. The van der Waals surface area contributed by atoms with Gasteiger partial charge in [-0.05, 0) is 12.1 Å². The Hall–Kier alpha value is -0.0900. The maximum Gasteiger partial charge on any atom is 0.0931 e. The zero-order chi connectivity index (χ0) is 8.55. The molecular weight excluding hydrogens is 194 g/mol. The topological polar surface area (TPSA) is 23.5 Å². The van der Waals surface area contributed by atoms with Gasteiger partial charge in [-0.25, -0.2) is 0 Å². The van der Waals surface area contributed by atoms with E-state index in [4.69, 9.17) is 16.7 Å². The predicted octanol–water partition coefficient (Wildman–Crippen LogP) is 1.58. The smallest absolute Gasteiger partial charge is 0.0931 e. The van der Waals surface area contributed by atoms with Crippen LogP contribution < -0.4 is 0 Å². The van der Waals surface area contributed by atoms with Crippen molar-refractivity contribution in [3.05, 3.63) is 21.3 Å². The molecule has 1 saturated heterocycles. The van der Waals surface area contributed by atoms with Gasteiger partial charge in [0, 0.05) is 24.5 Å². The monoisotopic (exact) mass is 203 g/mol. The molecule has 1 N–H and O–H groups in total. The molecule has 0 amide bonds. The summed E-state index contributed by atoms with van der Waals surface area (Å²) in [6.07, 6.45) is -0.111. The lowest BCUT2D eigenvalue weighted by Gasteiger charge is -2.35. The first-order valence-corrected chi connectivity index (χ1v) is 5.08. The van der Waals surface area contributed by atoms with Crippen molar-refractivity contribution in [2.75, 3.05) is 13.1 Å². The van der Waals surface area contributed by atoms with Crippen LogP contribution in [0.3, 0.4) is 0 Å². The van der Waals surface area contributed by atoms with E-state index >= 15 is 0 Å². The van der Waals surface area contributed by atoms with Gasteiger partial charge in [-0.3, -0.25) is 4.90 Å². The lowest BCUT2D eigenvalue weighted by Crippen LogP contribution is -2.49. The second-order valence-corrected chi connectivity index (χ2v) is 4.85. The molecule has 1 fully saturated rings. The van der Waals surface area contributed by atoms with Gasteiger partial charge in [0.05, 0.1) is 10.4 Å². The number of halogens is 1. The van der Waals surface area contributed by atoms with Crippen molar-refractivity contribution < 1.29 is 5.11 Å². The summed E-state index contributed by atoms with van der Waals surface area (Å²) in [5.74, 6) is 0. The first kappa shape index (κ1) is 8.51. The van der Waals surface area contributed by atoms with Gasteiger partial charge < -0.3 is 5.11 Å². The first-order chi connectivity index (χ1) is 5.74. The molecule has 2 rings (SSSR count). The minimum Gasteiger partial charge on any atom is -0.390 e. The van der Waals surface area contributed by atoms with Gasteiger partial charge in [-0.15, -0.1) is 11.3 Å². The molecule has 1 aromatic rings. The Balaban J connectivity index is 1.88. The summed E-state index contributed by atoms with van der Waals surface area (Å²) in [6, 6.07) is 3.95. The molecule has 1 aliphatic rings. The van der Waals surface area contributed by atoms with Crippen LogP contribution in [0.5, 0.6) is 0 Å². The zero-order valence-corrected chi connectivity index (χ0v) is 8.11. The van der Waals surface area contributed by atoms with E-state index in [1.165, 1.54) is 4.88 Å². The summed E-state index contributed by atoms with van der Waals surface area (Å²) < 4.78 is 0.839. The van der Waals surface area contributed by atoms with Crippen LogP contribution in [0.15, 0.2) is 12.1 Å². The molecule has 4 heteroatoms. The molecule has 0 aromatic carbocycles. The van der Waals surface area contributed by atoms with Crippen LogP contribution in [0.1, 0.15) is 4.88 Å². The summed E-state index contributed by atoms with van der Waals surface area (Å²) in [7, 11) is 0. The number of aliphatic hydroxyl groups is 1. The van der Waals surface area contributed by atoms with Crippen molar-refractivity contribution in [2.24, 2.45) is 0 Å². The highest BCUT2D eigenvalue weighted by Gasteiger charge is 2.24. The van der Waals surface area contributed by atoms with Crippen molar-refractivity contribution in [3.63, 3.8) is 0 Å². The molecule has 0 spiro atoms. The Morgan fingerprint density at radius 2 is 2.33 bits per heavy atom. The number of β-amino-alcohol motifs (C(OH)–C–C–N with tert-alkyl or cyclic N) is 1. The Morgan fingerprint density at radius 1 is 1.58 bits per heavy atom. The molecule has 0 bridgehead atoms. The highest BCUT2D eigenvalue weighted by Crippen LogP contribution is 2.24. The molecule has 0 unspecified atom stereocenters. The van der Waals surface area contributed by atoms with Gasteiger partial charge in [-0.2, -0.15) is 0 Å². The van der Waals surface area contributed by atoms with Crippen LogP contribution in [-0.2, 0) is 6.54 Å². The van der Waals surface area contributed by atoms with Crippen LogP contribution in [0.4, 0.5) is 0 Å². The number of rotatable bonds is 2. The van der Waals surface area contributed by atoms with Crippen LogP contribution in [0.2, 0.25) is 4.34 Å². The van der Waals surface area contributed by atoms with Crippen molar-refractivity contribution in [3.8, 4) is 0 Å². The van der Waals surface area contributed by atoms with E-state index in [1.54, 1.807) is 11.3 Å². The number of hydrogen-bond acceptors (Lipinski definition) is 3. The minimum atomic E-state index is -0.111. The molecule has 1 aliphatic heterocycles. The molecule has 0 aliphatic carbocycles. The van der Waals surface area contributed by atoms with Crippen LogP contribution in [0.25, 0.3) is 0 Å². The molecular formula is C8H10ClNOS. The molecule has 0 saturated carbocycles. The van der Waals surface area contributed by atoms with E-state index in [-0.39, 0.29) is 6.10 Å². The van der Waals surface area contributed by atoms with Gasteiger partial charge >= 0.3 is 0 Å². The second kappa shape index (κ2) is 3.34. The van der Waals surface area contributed by atoms with Crippen LogP contribution in [-0.4, -0.2) is 29.2 Å². The third kappa shape index (κ3) is 1.80. The average molecular weight is 204 g/mol. The van der Waals surface area contributed by atoms with Crippen molar-refractivity contribution in [1.29, 1.82) is 0 Å². The Labute approximate surface area is 80.4 Å². The van der Waals surface area contributed by atoms with E-state index in [2.05, 4.69) is 4.90 Å². The third-order valence-corrected chi connectivity index (χ3v) is 3.16. The van der Waals surface area contributed by atoms with Crippen molar-refractivity contribution in [2.45, 2.75) is 12.6 Å². The number of aliphatic hydroxyl groups excluding tert-OH is 1. The maximum absolute atomic E-state index is 9.04. The average Bonchev–Trinajstić information content (AvgIpc) is 2.33. The van der Waals surface area contributed by atoms with E-state index < -0.39 is 0 Å². The fourth-order valence-electron chi connectivity index (χ4n) is 1.33.